The fourth-order valence-corrected chi connectivity index (χ4v) is 2.95. The monoisotopic (exact) mass is 355 g/mol. The van der Waals surface area contributed by atoms with E-state index in [0.29, 0.717) is 11.5 Å². The normalized spacial score (nSPS) is 23.8. The van der Waals surface area contributed by atoms with Crippen molar-refractivity contribution in [3.8, 4) is 0 Å². The third-order valence-electron chi connectivity index (χ3n) is 3.48. The molecule has 2 aliphatic rings. The number of carbonyl (C=O) groups is 2. The van der Waals surface area contributed by atoms with E-state index in [1.165, 1.54) is 4.90 Å². The molecule has 23 heavy (non-hydrogen) atoms. The summed E-state index contributed by atoms with van der Waals surface area (Å²) in [7, 11) is -5.11. The van der Waals surface area contributed by atoms with E-state index in [1.54, 1.807) is 0 Å². The first-order chi connectivity index (χ1) is 10.3. The summed E-state index contributed by atoms with van der Waals surface area (Å²) in [5.74, 6) is -1.87. The number of urea groups is 1. The maximum atomic E-state index is 11.9. The summed E-state index contributed by atoms with van der Waals surface area (Å²) in [6.45, 7) is 0.417. The molecule has 3 heterocycles. The van der Waals surface area contributed by atoms with Gasteiger partial charge in [-0.1, -0.05) is 0 Å². The molecule has 1 aromatic heterocycles. The molecule has 12 nitrogen and oxygen atoms in total. The van der Waals surface area contributed by atoms with E-state index in [9.17, 15) is 22.6 Å². The Morgan fingerprint density at radius 2 is 2.13 bits per heavy atom. The summed E-state index contributed by atoms with van der Waals surface area (Å²) in [4.78, 5) is 24.2. The molecular formula is C9H10N5NaO7S. The SMILES string of the molecule is NC(=O)c1nnc([C@@H]2CCN3C[C@@H]2N(OS(=O)(=O)[O-])C3=O)o1.[Na+]. The van der Waals surface area contributed by atoms with Crippen molar-refractivity contribution in [2.75, 3.05) is 13.1 Å². The maximum Gasteiger partial charge on any atom is 1.00 e. The molecule has 2 saturated heterocycles. The van der Waals surface area contributed by atoms with Crippen molar-refractivity contribution in [2.24, 2.45) is 5.73 Å². The summed E-state index contributed by atoms with van der Waals surface area (Å²) in [5, 5.41) is 7.63. The molecule has 2 fully saturated rings. The van der Waals surface area contributed by atoms with Crippen LogP contribution >= 0.6 is 0 Å². The molecule has 2 N–H and O–H groups in total. The second-order valence-corrected chi connectivity index (χ2v) is 5.77. The predicted octanol–water partition coefficient (Wildman–Crippen LogP) is -4.84. The number of hydrogen-bond donors (Lipinski definition) is 1. The van der Waals surface area contributed by atoms with Crippen LogP contribution in [0.25, 0.3) is 0 Å². The van der Waals surface area contributed by atoms with Crippen molar-refractivity contribution in [1.82, 2.24) is 20.2 Å². The Balaban J connectivity index is 0.00000192. The van der Waals surface area contributed by atoms with E-state index >= 15 is 0 Å². The predicted molar refractivity (Wildman–Crippen MR) is 63.6 cm³/mol. The van der Waals surface area contributed by atoms with Crippen LogP contribution in [-0.2, 0) is 14.7 Å². The number of aromatic nitrogens is 2. The Bertz CT molecular complexity index is 736. The number of nitrogens with zero attached hydrogens (tertiary/aromatic N) is 4. The molecular weight excluding hydrogens is 345 g/mol. The minimum Gasteiger partial charge on any atom is -0.724 e. The van der Waals surface area contributed by atoms with Gasteiger partial charge in [0, 0.05) is 13.1 Å². The van der Waals surface area contributed by atoms with Gasteiger partial charge in [-0.3, -0.25) is 4.79 Å². The summed E-state index contributed by atoms with van der Waals surface area (Å²) in [6, 6.07) is -1.53. The summed E-state index contributed by atoms with van der Waals surface area (Å²) >= 11 is 0. The first-order valence-electron chi connectivity index (χ1n) is 6.13. The van der Waals surface area contributed by atoms with Crippen molar-refractivity contribution in [1.29, 1.82) is 0 Å². The first-order valence-corrected chi connectivity index (χ1v) is 7.46. The Hall–Kier alpha value is -1.25. The average Bonchev–Trinajstić information content (AvgIpc) is 2.99. The third-order valence-corrected chi connectivity index (χ3v) is 3.83. The molecule has 0 spiro atoms. The fraction of sp³-hybridized carbons (Fsp3) is 0.556. The van der Waals surface area contributed by atoms with Gasteiger partial charge in [0.05, 0.1) is 12.0 Å². The number of carbonyl (C=O) groups excluding carboxylic acids is 2. The molecule has 0 aromatic carbocycles. The Kier molecular flexibility index (Phi) is 4.98. The smallest absolute Gasteiger partial charge is 0.724 e. The second kappa shape index (κ2) is 6.33. The van der Waals surface area contributed by atoms with Gasteiger partial charge in [-0.2, -0.15) is 9.35 Å². The van der Waals surface area contributed by atoms with Gasteiger partial charge in [0.1, 0.15) is 0 Å². The van der Waals surface area contributed by atoms with E-state index in [-0.39, 0.29) is 48.5 Å². The molecule has 14 heteroatoms. The molecule has 2 bridgehead atoms. The molecule has 0 unspecified atom stereocenters. The Labute approximate surface area is 152 Å². The number of nitrogens with two attached hydrogens (primary N) is 1. The fourth-order valence-electron chi connectivity index (χ4n) is 2.58. The molecule has 3 rings (SSSR count). The van der Waals surface area contributed by atoms with E-state index in [4.69, 9.17) is 10.2 Å². The van der Waals surface area contributed by atoms with Crippen LogP contribution in [0.1, 0.15) is 28.9 Å². The van der Waals surface area contributed by atoms with Gasteiger partial charge in [-0.25, -0.2) is 13.2 Å². The van der Waals surface area contributed by atoms with Gasteiger partial charge in [-0.15, -0.1) is 10.2 Å². The number of amides is 3. The molecule has 0 radical (unpaired) electrons. The van der Waals surface area contributed by atoms with E-state index < -0.39 is 40.2 Å². The summed E-state index contributed by atoms with van der Waals surface area (Å²) < 4.78 is 41.6. The second-order valence-electron chi connectivity index (χ2n) is 4.81. The molecule has 0 saturated carbocycles. The summed E-state index contributed by atoms with van der Waals surface area (Å²) in [5.41, 5.74) is 5.01. The van der Waals surface area contributed by atoms with Gasteiger partial charge >= 0.3 is 47.4 Å². The number of hydroxylamine groups is 2. The molecule has 120 valence electrons. The number of primary amides is 1. The van der Waals surface area contributed by atoms with Gasteiger partial charge in [0.25, 0.3) is 0 Å². The number of piperidine rings is 1. The van der Waals surface area contributed by atoms with Gasteiger partial charge < -0.3 is 19.6 Å². The standard InChI is InChI=1S/C9H11N5O7S.Na/c10-6(15)8-12-11-7(20-8)4-1-2-13-3-5(4)14(9(13)16)21-22(17,18)19;/h4-5H,1-3H2,(H2,10,15)(H,17,18,19);/q;+1/p-1/t4-,5+;/m1./s1. The minimum absolute atomic E-state index is 0. The molecule has 3 amide bonds. The number of fused-ring (bicyclic) bond motifs is 2. The minimum atomic E-state index is -5.11. The van der Waals surface area contributed by atoms with Gasteiger partial charge in [0.2, 0.25) is 16.3 Å². The van der Waals surface area contributed by atoms with E-state index in [1.807, 2.05) is 0 Å². The van der Waals surface area contributed by atoms with E-state index in [0.717, 1.165) is 0 Å². The van der Waals surface area contributed by atoms with Crippen LogP contribution < -0.4 is 35.3 Å². The largest absolute Gasteiger partial charge is 1.00 e. The van der Waals surface area contributed by atoms with Crippen molar-refractivity contribution in [3.05, 3.63) is 11.8 Å². The molecule has 2 atom stereocenters. The van der Waals surface area contributed by atoms with E-state index in [2.05, 4.69) is 14.5 Å². The van der Waals surface area contributed by atoms with Crippen molar-refractivity contribution in [3.63, 3.8) is 0 Å². The molecule has 1 aromatic rings. The third kappa shape index (κ3) is 3.49. The van der Waals surface area contributed by atoms with Crippen molar-refractivity contribution in [2.45, 2.75) is 18.4 Å². The first kappa shape index (κ1) is 18.1. The average molecular weight is 355 g/mol. The topological polar surface area (TPSA) is 172 Å². The van der Waals surface area contributed by atoms with Gasteiger partial charge in [-0.05, 0) is 6.42 Å². The number of rotatable bonds is 4. The van der Waals surface area contributed by atoms with Crippen LogP contribution in [0.15, 0.2) is 4.42 Å². The van der Waals surface area contributed by atoms with Crippen molar-refractivity contribution < 1.29 is 60.8 Å². The van der Waals surface area contributed by atoms with Crippen LogP contribution in [0, 0.1) is 0 Å². The van der Waals surface area contributed by atoms with Crippen LogP contribution in [0.5, 0.6) is 0 Å². The summed E-state index contributed by atoms with van der Waals surface area (Å²) in [6.07, 6.45) is 0.371. The van der Waals surface area contributed by atoms with Crippen LogP contribution in [0.3, 0.4) is 0 Å². The zero-order valence-electron chi connectivity index (χ0n) is 11.9. The van der Waals surface area contributed by atoms with Crippen molar-refractivity contribution >= 4 is 22.3 Å². The van der Waals surface area contributed by atoms with Crippen LogP contribution in [0.4, 0.5) is 4.79 Å². The zero-order chi connectivity index (χ0) is 16.1. The molecule has 0 aliphatic carbocycles. The zero-order valence-corrected chi connectivity index (χ0v) is 14.7. The van der Waals surface area contributed by atoms with Gasteiger partial charge in [0.15, 0.2) is 0 Å². The van der Waals surface area contributed by atoms with Crippen LogP contribution in [-0.4, -0.2) is 64.2 Å². The maximum absolute atomic E-state index is 11.9. The Morgan fingerprint density at radius 1 is 1.43 bits per heavy atom. The number of hydrogen-bond acceptors (Lipinski definition) is 9. The van der Waals surface area contributed by atoms with Crippen LogP contribution in [0.2, 0.25) is 0 Å². The quantitative estimate of drug-likeness (QED) is 0.316. The Morgan fingerprint density at radius 3 is 2.70 bits per heavy atom. The molecule has 2 aliphatic heterocycles.